The first kappa shape index (κ1) is 33.8. The molecule has 0 bridgehead atoms. The summed E-state index contributed by atoms with van der Waals surface area (Å²) >= 11 is 0. The van der Waals surface area contributed by atoms with Crippen molar-refractivity contribution in [2.75, 3.05) is 51.9 Å². The third-order valence-electron chi connectivity index (χ3n) is 6.16. The molecule has 13 nitrogen and oxygen atoms in total. The standard InChI is InChI=1S/C29H39N3O10S/c1-29(2,3)42-27(34)31-13-15-40-17-16-39-14-12-30-26(33)25(19-43(36,37)38)32-28(35)41-18-24-22-10-6-4-8-20(22)21-9-5-7-11-23(21)24/h4-11,24-25H,12-19H2,1-3H3,(H,30,33)(H,31,34)(H,32,35)(H,36,37,38). The van der Waals surface area contributed by atoms with Crippen molar-refractivity contribution in [2.45, 2.75) is 38.3 Å². The lowest BCUT2D eigenvalue weighted by molar-refractivity contribution is -0.122. The van der Waals surface area contributed by atoms with Gasteiger partial charge in [0, 0.05) is 19.0 Å². The third-order valence-corrected chi connectivity index (χ3v) is 6.92. The zero-order valence-electron chi connectivity index (χ0n) is 24.5. The maximum Gasteiger partial charge on any atom is 0.407 e. The fourth-order valence-electron chi connectivity index (χ4n) is 4.41. The molecule has 3 rings (SSSR count). The molecule has 4 N–H and O–H groups in total. The number of carbonyl (C=O) groups excluding carboxylic acids is 3. The van der Waals surface area contributed by atoms with Gasteiger partial charge in [0.25, 0.3) is 10.1 Å². The molecule has 0 fully saturated rings. The van der Waals surface area contributed by atoms with E-state index in [0.717, 1.165) is 22.3 Å². The Morgan fingerprint density at radius 1 is 0.837 bits per heavy atom. The van der Waals surface area contributed by atoms with Gasteiger partial charge < -0.3 is 34.9 Å². The second-order valence-electron chi connectivity index (χ2n) is 10.7. The van der Waals surface area contributed by atoms with Crippen molar-refractivity contribution >= 4 is 28.2 Å². The van der Waals surface area contributed by atoms with E-state index in [4.69, 9.17) is 18.9 Å². The average molecular weight is 622 g/mol. The summed E-state index contributed by atoms with van der Waals surface area (Å²) in [7, 11) is -4.60. The second-order valence-corrected chi connectivity index (χ2v) is 12.2. The van der Waals surface area contributed by atoms with Crippen molar-refractivity contribution in [3.63, 3.8) is 0 Å². The molecule has 14 heteroatoms. The molecule has 0 aliphatic heterocycles. The van der Waals surface area contributed by atoms with Crippen LogP contribution in [0.4, 0.5) is 9.59 Å². The van der Waals surface area contributed by atoms with E-state index in [-0.39, 0.29) is 52.0 Å². The largest absolute Gasteiger partial charge is 0.449 e. The Balaban J connectivity index is 1.37. The number of carbonyl (C=O) groups is 3. The summed E-state index contributed by atoms with van der Waals surface area (Å²) in [5.41, 5.74) is 3.48. The summed E-state index contributed by atoms with van der Waals surface area (Å²) in [4.78, 5) is 36.7. The van der Waals surface area contributed by atoms with Gasteiger partial charge in [0.15, 0.2) is 0 Å². The summed E-state index contributed by atoms with van der Waals surface area (Å²) in [6, 6.07) is 13.9. The van der Waals surface area contributed by atoms with Gasteiger partial charge in [-0.1, -0.05) is 48.5 Å². The highest BCUT2D eigenvalue weighted by Gasteiger charge is 2.31. The van der Waals surface area contributed by atoms with E-state index in [2.05, 4.69) is 16.0 Å². The van der Waals surface area contributed by atoms with Gasteiger partial charge in [-0.05, 0) is 43.0 Å². The van der Waals surface area contributed by atoms with Crippen molar-refractivity contribution in [2.24, 2.45) is 0 Å². The lowest BCUT2D eigenvalue weighted by atomic mass is 9.98. The molecule has 0 saturated heterocycles. The van der Waals surface area contributed by atoms with Gasteiger partial charge in [-0.25, -0.2) is 9.59 Å². The van der Waals surface area contributed by atoms with E-state index in [0.29, 0.717) is 0 Å². The highest BCUT2D eigenvalue weighted by molar-refractivity contribution is 7.85. The summed E-state index contributed by atoms with van der Waals surface area (Å²) < 4.78 is 53.5. The molecule has 0 aromatic heterocycles. The minimum atomic E-state index is -4.60. The maximum atomic E-state index is 12.6. The highest BCUT2D eigenvalue weighted by Crippen LogP contribution is 2.44. The van der Waals surface area contributed by atoms with Crippen LogP contribution in [0.2, 0.25) is 0 Å². The van der Waals surface area contributed by atoms with E-state index < -0.39 is 45.6 Å². The predicted molar refractivity (Wildman–Crippen MR) is 157 cm³/mol. The first-order valence-corrected chi connectivity index (χ1v) is 15.4. The smallest absolute Gasteiger partial charge is 0.407 e. The number of benzene rings is 2. The minimum absolute atomic E-state index is 0.00732. The molecular formula is C29H39N3O10S. The van der Waals surface area contributed by atoms with Crippen LogP contribution in [0.25, 0.3) is 11.1 Å². The predicted octanol–water partition coefficient (Wildman–Crippen LogP) is 2.46. The highest BCUT2D eigenvalue weighted by atomic mass is 32.2. The minimum Gasteiger partial charge on any atom is -0.449 e. The fraction of sp³-hybridized carbons (Fsp3) is 0.483. The SMILES string of the molecule is CC(C)(C)OC(=O)NCCOCCOCCNC(=O)C(CS(=O)(=O)O)NC(=O)OCC1c2ccccc2-c2ccccc21. The van der Waals surface area contributed by atoms with Crippen LogP contribution in [-0.2, 0) is 33.9 Å². The number of hydrogen-bond acceptors (Lipinski definition) is 9. The average Bonchev–Trinajstić information content (AvgIpc) is 3.24. The Hall–Kier alpha value is -3.72. The fourth-order valence-corrected chi connectivity index (χ4v) is 5.06. The van der Waals surface area contributed by atoms with E-state index in [9.17, 15) is 27.4 Å². The van der Waals surface area contributed by atoms with Gasteiger partial charge in [0.2, 0.25) is 5.91 Å². The molecule has 0 radical (unpaired) electrons. The number of ether oxygens (including phenoxy) is 4. The summed E-state index contributed by atoms with van der Waals surface area (Å²) in [5.74, 6) is -2.09. The van der Waals surface area contributed by atoms with E-state index in [1.165, 1.54) is 0 Å². The third kappa shape index (κ3) is 11.5. The number of hydrogen-bond donors (Lipinski definition) is 4. The Morgan fingerprint density at radius 2 is 1.37 bits per heavy atom. The zero-order chi connectivity index (χ0) is 31.5. The molecule has 3 amide bonds. The van der Waals surface area contributed by atoms with Crippen LogP contribution in [0, 0.1) is 0 Å². The number of rotatable bonds is 15. The van der Waals surface area contributed by atoms with Crippen molar-refractivity contribution in [1.82, 2.24) is 16.0 Å². The van der Waals surface area contributed by atoms with Crippen LogP contribution < -0.4 is 16.0 Å². The quantitative estimate of drug-likeness (QED) is 0.171. The van der Waals surface area contributed by atoms with Crippen molar-refractivity contribution in [3.05, 3.63) is 59.7 Å². The van der Waals surface area contributed by atoms with Gasteiger partial charge in [0.1, 0.15) is 24.0 Å². The number of nitrogens with one attached hydrogen (secondary N) is 3. The molecule has 1 atom stereocenters. The normalized spacial score (nSPS) is 13.4. The molecule has 1 aliphatic rings. The molecule has 43 heavy (non-hydrogen) atoms. The maximum absolute atomic E-state index is 12.6. The summed E-state index contributed by atoms with van der Waals surface area (Å²) in [6.07, 6.45) is -1.54. The van der Waals surface area contributed by atoms with Crippen LogP contribution >= 0.6 is 0 Å². The Kier molecular flexibility index (Phi) is 12.3. The van der Waals surface area contributed by atoms with Gasteiger partial charge in [0.05, 0.1) is 26.4 Å². The molecule has 2 aromatic carbocycles. The number of alkyl carbamates (subject to hydrolysis) is 2. The Morgan fingerprint density at radius 3 is 1.91 bits per heavy atom. The molecule has 1 aliphatic carbocycles. The first-order chi connectivity index (χ1) is 20.3. The lowest BCUT2D eigenvalue weighted by Gasteiger charge is -2.19. The van der Waals surface area contributed by atoms with E-state index in [1.54, 1.807) is 20.8 Å². The molecule has 2 aromatic rings. The van der Waals surface area contributed by atoms with Crippen molar-refractivity contribution in [3.8, 4) is 11.1 Å². The van der Waals surface area contributed by atoms with Crippen LogP contribution in [0.15, 0.2) is 48.5 Å². The van der Waals surface area contributed by atoms with E-state index >= 15 is 0 Å². The van der Waals surface area contributed by atoms with E-state index in [1.807, 2.05) is 48.5 Å². The Bertz CT molecular complexity index is 1310. The van der Waals surface area contributed by atoms with Gasteiger partial charge >= 0.3 is 12.2 Å². The molecule has 1 unspecified atom stereocenters. The van der Waals surface area contributed by atoms with Crippen LogP contribution in [0.3, 0.4) is 0 Å². The van der Waals surface area contributed by atoms with Crippen molar-refractivity contribution in [1.29, 1.82) is 0 Å². The van der Waals surface area contributed by atoms with Crippen LogP contribution in [0.5, 0.6) is 0 Å². The number of amides is 3. The molecule has 0 saturated carbocycles. The summed E-state index contributed by atoms with van der Waals surface area (Å²) in [6.45, 7) is 6.29. The van der Waals surface area contributed by atoms with Gasteiger partial charge in [-0.2, -0.15) is 8.42 Å². The zero-order valence-corrected chi connectivity index (χ0v) is 25.3. The van der Waals surface area contributed by atoms with Gasteiger partial charge in [-0.3, -0.25) is 9.35 Å². The van der Waals surface area contributed by atoms with Crippen molar-refractivity contribution < 1.29 is 46.3 Å². The second kappa shape index (κ2) is 15.7. The monoisotopic (exact) mass is 621 g/mol. The molecule has 236 valence electrons. The number of fused-ring (bicyclic) bond motifs is 3. The molecule has 0 spiro atoms. The topological polar surface area (TPSA) is 179 Å². The van der Waals surface area contributed by atoms with Gasteiger partial charge in [-0.15, -0.1) is 0 Å². The lowest BCUT2D eigenvalue weighted by Crippen LogP contribution is -2.51. The molecular weight excluding hydrogens is 582 g/mol. The first-order valence-electron chi connectivity index (χ1n) is 13.8. The summed E-state index contributed by atoms with van der Waals surface area (Å²) in [5, 5.41) is 7.26. The van der Waals surface area contributed by atoms with Crippen LogP contribution in [0.1, 0.15) is 37.8 Å². The molecule has 0 heterocycles. The Labute approximate surface area is 251 Å². The van der Waals surface area contributed by atoms with Crippen LogP contribution in [-0.4, -0.2) is 94.6 Å².